The zero-order chi connectivity index (χ0) is 14.1. The normalized spacial score (nSPS) is 14.5. The Hall–Kier alpha value is -1.98. The van der Waals surface area contributed by atoms with E-state index in [1.807, 2.05) is 24.3 Å². The Morgan fingerprint density at radius 1 is 1.10 bits per heavy atom. The van der Waals surface area contributed by atoms with Crippen molar-refractivity contribution in [2.24, 2.45) is 0 Å². The third-order valence-electron chi connectivity index (χ3n) is 3.49. The van der Waals surface area contributed by atoms with Crippen molar-refractivity contribution in [1.29, 1.82) is 0 Å². The van der Waals surface area contributed by atoms with Crippen LogP contribution in [0.4, 0.5) is 0 Å². The maximum atomic E-state index is 5.81. The molecular formula is C16H15N3OS. The van der Waals surface area contributed by atoms with Gasteiger partial charge in [-0.2, -0.15) is 0 Å². The van der Waals surface area contributed by atoms with Gasteiger partial charge >= 0.3 is 0 Å². The van der Waals surface area contributed by atoms with Gasteiger partial charge in [-0.1, -0.05) is 46.8 Å². The molecule has 0 radical (unpaired) electrons. The molecule has 1 saturated carbocycles. The predicted molar refractivity (Wildman–Crippen MR) is 83.8 cm³/mol. The van der Waals surface area contributed by atoms with Crippen LogP contribution in [0.2, 0.25) is 0 Å². The lowest BCUT2D eigenvalue weighted by Crippen LogP contribution is -2.14. The van der Waals surface area contributed by atoms with Gasteiger partial charge in [-0.3, -0.25) is 0 Å². The van der Waals surface area contributed by atoms with Crippen LogP contribution < -0.4 is 10.1 Å². The Labute approximate surface area is 126 Å². The molecule has 0 amide bonds. The maximum Gasteiger partial charge on any atom is 0.299 e. The monoisotopic (exact) mass is 297 g/mol. The van der Waals surface area contributed by atoms with E-state index >= 15 is 0 Å². The van der Waals surface area contributed by atoms with E-state index in [1.54, 1.807) is 0 Å². The van der Waals surface area contributed by atoms with Crippen molar-refractivity contribution >= 4 is 22.1 Å². The van der Waals surface area contributed by atoms with E-state index in [0.717, 1.165) is 22.7 Å². The molecule has 0 atom stereocenters. The number of fused-ring (bicyclic) bond motifs is 1. The molecule has 0 bridgehead atoms. The number of hydrogen-bond acceptors (Lipinski definition) is 5. The Kier molecular flexibility index (Phi) is 3.29. The summed E-state index contributed by atoms with van der Waals surface area (Å²) < 4.78 is 5.81. The first-order chi connectivity index (χ1) is 10.4. The quantitative estimate of drug-likeness (QED) is 0.779. The minimum atomic E-state index is 0.595. The SMILES string of the molecule is c1ccc2cc(Oc3nnc(CNC4CC4)s3)ccc2c1. The molecule has 2 aromatic carbocycles. The fourth-order valence-electron chi connectivity index (χ4n) is 2.20. The first-order valence-corrected chi connectivity index (χ1v) is 7.91. The molecule has 21 heavy (non-hydrogen) atoms. The molecule has 1 aliphatic rings. The maximum absolute atomic E-state index is 5.81. The van der Waals surface area contributed by atoms with Crippen LogP contribution in [0, 0.1) is 0 Å². The van der Waals surface area contributed by atoms with Gasteiger partial charge in [0.05, 0.1) is 6.54 Å². The second kappa shape index (κ2) is 5.42. The Morgan fingerprint density at radius 3 is 2.81 bits per heavy atom. The van der Waals surface area contributed by atoms with Crippen LogP contribution in [0.3, 0.4) is 0 Å². The van der Waals surface area contributed by atoms with Crippen molar-refractivity contribution in [2.75, 3.05) is 0 Å². The zero-order valence-corrected chi connectivity index (χ0v) is 12.3. The van der Waals surface area contributed by atoms with Gasteiger partial charge in [-0.25, -0.2) is 0 Å². The van der Waals surface area contributed by atoms with Crippen molar-refractivity contribution in [3.63, 3.8) is 0 Å². The highest BCUT2D eigenvalue weighted by Crippen LogP contribution is 2.28. The summed E-state index contributed by atoms with van der Waals surface area (Å²) in [7, 11) is 0. The molecule has 4 nitrogen and oxygen atoms in total. The van der Waals surface area contributed by atoms with Gasteiger partial charge < -0.3 is 10.1 Å². The molecule has 1 aromatic heterocycles. The number of hydrogen-bond donors (Lipinski definition) is 1. The lowest BCUT2D eigenvalue weighted by atomic mass is 10.1. The number of rotatable bonds is 5. The third-order valence-corrected chi connectivity index (χ3v) is 4.29. The highest BCUT2D eigenvalue weighted by atomic mass is 32.1. The van der Waals surface area contributed by atoms with Crippen molar-refractivity contribution in [2.45, 2.75) is 25.4 Å². The van der Waals surface area contributed by atoms with Crippen LogP contribution in [-0.4, -0.2) is 16.2 Å². The standard InChI is InChI=1S/C16H15N3OS/c1-2-4-12-9-14(8-5-11(12)3-1)20-16-19-18-15(21-16)10-17-13-6-7-13/h1-5,8-9,13,17H,6-7,10H2. The summed E-state index contributed by atoms with van der Waals surface area (Å²) in [5.74, 6) is 0.798. The number of benzene rings is 2. The van der Waals surface area contributed by atoms with Crippen molar-refractivity contribution < 1.29 is 4.74 Å². The third kappa shape index (κ3) is 3.04. The van der Waals surface area contributed by atoms with E-state index in [1.165, 1.54) is 29.6 Å². The van der Waals surface area contributed by atoms with E-state index in [0.29, 0.717) is 11.2 Å². The second-order valence-corrected chi connectivity index (χ2v) is 6.25. The molecule has 0 spiro atoms. The lowest BCUT2D eigenvalue weighted by molar-refractivity contribution is 0.473. The summed E-state index contributed by atoms with van der Waals surface area (Å²) in [5.41, 5.74) is 0. The van der Waals surface area contributed by atoms with Crippen LogP contribution in [0.25, 0.3) is 10.8 Å². The molecular weight excluding hydrogens is 282 g/mol. The van der Waals surface area contributed by atoms with E-state index in [2.05, 4.69) is 33.7 Å². The van der Waals surface area contributed by atoms with Crippen LogP contribution in [-0.2, 0) is 6.54 Å². The smallest absolute Gasteiger partial charge is 0.299 e. The Balaban J connectivity index is 1.48. The number of nitrogens with one attached hydrogen (secondary N) is 1. The predicted octanol–water partition coefficient (Wildman–Crippen LogP) is 3.74. The second-order valence-electron chi connectivity index (χ2n) is 5.23. The van der Waals surface area contributed by atoms with E-state index in [4.69, 9.17) is 4.74 Å². The molecule has 4 rings (SSSR count). The van der Waals surface area contributed by atoms with Gasteiger partial charge in [-0.05, 0) is 35.7 Å². The zero-order valence-electron chi connectivity index (χ0n) is 11.5. The van der Waals surface area contributed by atoms with Gasteiger partial charge in [0.1, 0.15) is 10.8 Å². The summed E-state index contributed by atoms with van der Waals surface area (Å²) in [6.07, 6.45) is 2.55. The van der Waals surface area contributed by atoms with Crippen LogP contribution in [0.1, 0.15) is 17.8 Å². The minimum Gasteiger partial charge on any atom is -0.430 e. The van der Waals surface area contributed by atoms with Crippen molar-refractivity contribution in [3.8, 4) is 10.9 Å². The lowest BCUT2D eigenvalue weighted by Gasteiger charge is -2.03. The average molecular weight is 297 g/mol. The van der Waals surface area contributed by atoms with E-state index < -0.39 is 0 Å². The average Bonchev–Trinajstić information content (AvgIpc) is 3.25. The number of nitrogens with zero attached hydrogens (tertiary/aromatic N) is 2. The van der Waals surface area contributed by atoms with Crippen LogP contribution in [0.5, 0.6) is 10.9 Å². The highest BCUT2D eigenvalue weighted by Gasteiger charge is 2.20. The van der Waals surface area contributed by atoms with Crippen LogP contribution in [0.15, 0.2) is 42.5 Å². The first-order valence-electron chi connectivity index (χ1n) is 7.09. The van der Waals surface area contributed by atoms with Gasteiger partial charge in [0.2, 0.25) is 0 Å². The summed E-state index contributed by atoms with van der Waals surface area (Å²) in [6.45, 7) is 0.781. The number of aromatic nitrogens is 2. The highest BCUT2D eigenvalue weighted by molar-refractivity contribution is 7.13. The number of ether oxygens (including phenoxy) is 1. The molecule has 1 heterocycles. The fraction of sp³-hybridized carbons (Fsp3) is 0.250. The molecule has 0 saturated heterocycles. The minimum absolute atomic E-state index is 0.595. The van der Waals surface area contributed by atoms with Gasteiger partial charge in [0.25, 0.3) is 5.19 Å². The molecule has 0 unspecified atom stereocenters. The first kappa shape index (κ1) is 12.7. The molecule has 1 N–H and O–H groups in total. The largest absolute Gasteiger partial charge is 0.430 e. The summed E-state index contributed by atoms with van der Waals surface area (Å²) in [5, 5.41) is 15.6. The summed E-state index contributed by atoms with van der Waals surface area (Å²) >= 11 is 1.50. The Bertz CT molecular complexity index is 767. The molecule has 1 aliphatic carbocycles. The molecule has 1 fully saturated rings. The van der Waals surface area contributed by atoms with Gasteiger partial charge in [0.15, 0.2) is 0 Å². The van der Waals surface area contributed by atoms with Crippen molar-refractivity contribution in [3.05, 3.63) is 47.5 Å². The van der Waals surface area contributed by atoms with Gasteiger partial charge in [0, 0.05) is 6.04 Å². The van der Waals surface area contributed by atoms with Gasteiger partial charge in [-0.15, -0.1) is 5.10 Å². The summed E-state index contributed by atoms with van der Waals surface area (Å²) in [4.78, 5) is 0. The molecule has 0 aliphatic heterocycles. The summed E-state index contributed by atoms with van der Waals surface area (Å²) in [6, 6.07) is 15.0. The van der Waals surface area contributed by atoms with E-state index in [-0.39, 0.29) is 0 Å². The van der Waals surface area contributed by atoms with Crippen LogP contribution >= 0.6 is 11.3 Å². The van der Waals surface area contributed by atoms with E-state index in [9.17, 15) is 0 Å². The Morgan fingerprint density at radius 2 is 1.95 bits per heavy atom. The van der Waals surface area contributed by atoms with Crippen molar-refractivity contribution in [1.82, 2.24) is 15.5 Å². The molecule has 5 heteroatoms. The molecule has 106 valence electrons. The fourth-order valence-corrected chi connectivity index (χ4v) is 2.86. The topological polar surface area (TPSA) is 47.0 Å². The molecule has 3 aromatic rings.